The largest absolute Gasteiger partial charge is 0.439 e. The lowest BCUT2D eigenvalue weighted by Gasteiger charge is -1.82. The van der Waals surface area contributed by atoms with E-state index in [9.17, 15) is 4.79 Å². The molecule has 2 rings (SSSR count). The highest BCUT2D eigenvalue weighted by Crippen LogP contribution is 2.07. The fourth-order valence-electron chi connectivity index (χ4n) is 0.875. The van der Waals surface area contributed by atoms with Gasteiger partial charge in [-0.25, -0.2) is 9.78 Å². The van der Waals surface area contributed by atoms with E-state index >= 15 is 0 Å². The molecule has 0 spiro atoms. The number of nitrogens with zero attached hydrogens (tertiary/aromatic N) is 3. The number of aryl methyl sites for hydroxylation is 1. The first-order valence-electron chi connectivity index (χ1n) is 3.30. The Morgan fingerprint density at radius 2 is 2.50 bits per heavy atom. The molecule has 0 unspecified atom stereocenters. The molecule has 0 amide bonds. The third-order valence-electron chi connectivity index (χ3n) is 1.39. The van der Waals surface area contributed by atoms with E-state index in [1.807, 2.05) is 7.05 Å². The second-order valence-electron chi connectivity index (χ2n) is 2.37. The maximum Gasteiger partial charge on any atom is 0.439 e. The average molecular weight is 166 g/mol. The lowest BCUT2D eigenvalue weighted by molar-refractivity contribution is 0.388. The van der Waals surface area contributed by atoms with Gasteiger partial charge in [0.05, 0.1) is 6.33 Å². The standard InChI is InChI=1S/C6H6N4O2/c1-10-2-4(7-3-10)5-8-6(11)12-9-5/h2-3H,1H3,(H,8,9,11). The molecule has 0 fully saturated rings. The zero-order valence-electron chi connectivity index (χ0n) is 6.31. The summed E-state index contributed by atoms with van der Waals surface area (Å²) in [4.78, 5) is 16.9. The molecule has 0 saturated carbocycles. The summed E-state index contributed by atoms with van der Waals surface area (Å²) in [6.07, 6.45) is 3.34. The molecule has 62 valence electrons. The number of imidazole rings is 1. The van der Waals surface area contributed by atoms with Crippen LogP contribution in [0.15, 0.2) is 21.8 Å². The molecule has 6 nitrogen and oxygen atoms in total. The first-order chi connectivity index (χ1) is 5.75. The molecule has 0 bridgehead atoms. The highest BCUT2D eigenvalue weighted by Gasteiger charge is 2.05. The Hall–Kier alpha value is -1.85. The SMILES string of the molecule is Cn1cnc(-c2noc(=O)[nH]2)c1. The van der Waals surface area contributed by atoms with Crippen LogP contribution in [-0.2, 0) is 7.05 Å². The molecule has 12 heavy (non-hydrogen) atoms. The summed E-state index contributed by atoms with van der Waals surface area (Å²) in [5.74, 6) is -0.226. The Morgan fingerprint density at radius 1 is 1.67 bits per heavy atom. The van der Waals surface area contributed by atoms with Crippen LogP contribution in [-0.4, -0.2) is 19.7 Å². The Bertz CT molecular complexity index is 438. The number of aromatic amines is 1. The molecule has 2 aromatic heterocycles. The van der Waals surface area contributed by atoms with E-state index in [2.05, 4.69) is 19.6 Å². The predicted octanol–water partition coefficient (Wildman–Crippen LogP) is -0.237. The van der Waals surface area contributed by atoms with Crippen molar-refractivity contribution in [3.05, 3.63) is 23.1 Å². The summed E-state index contributed by atoms with van der Waals surface area (Å²) in [6.45, 7) is 0. The molecule has 0 saturated heterocycles. The van der Waals surface area contributed by atoms with Crippen molar-refractivity contribution in [2.75, 3.05) is 0 Å². The van der Waals surface area contributed by atoms with Crippen LogP contribution in [0.2, 0.25) is 0 Å². The summed E-state index contributed by atoms with van der Waals surface area (Å²) in [5, 5.41) is 3.48. The zero-order valence-corrected chi connectivity index (χ0v) is 6.31. The van der Waals surface area contributed by atoms with Crippen LogP contribution in [0, 0.1) is 0 Å². The minimum Gasteiger partial charge on any atom is -0.340 e. The second kappa shape index (κ2) is 2.33. The third-order valence-corrected chi connectivity index (χ3v) is 1.39. The van der Waals surface area contributed by atoms with Crippen LogP contribution in [0.5, 0.6) is 0 Å². The van der Waals surface area contributed by atoms with E-state index in [-0.39, 0.29) is 0 Å². The number of hydrogen-bond donors (Lipinski definition) is 1. The minimum atomic E-state index is -0.573. The van der Waals surface area contributed by atoms with Crippen molar-refractivity contribution < 1.29 is 4.52 Å². The van der Waals surface area contributed by atoms with E-state index in [4.69, 9.17) is 0 Å². The van der Waals surface area contributed by atoms with Gasteiger partial charge in [-0.05, 0) is 0 Å². The summed E-state index contributed by atoms with van der Waals surface area (Å²) in [7, 11) is 1.83. The van der Waals surface area contributed by atoms with Crippen molar-refractivity contribution in [1.29, 1.82) is 0 Å². The molecule has 0 aliphatic heterocycles. The van der Waals surface area contributed by atoms with Gasteiger partial charge in [0.15, 0.2) is 0 Å². The van der Waals surface area contributed by atoms with Crippen molar-refractivity contribution in [2.45, 2.75) is 0 Å². The number of nitrogens with one attached hydrogen (secondary N) is 1. The van der Waals surface area contributed by atoms with Crippen LogP contribution >= 0.6 is 0 Å². The van der Waals surface area contributed by atoms with Crippen molar-refractivity contribution in [3.8, 4) is 11.5 Å². The van der Waals surface area contributed by atoms with Crippen LogP contribution < -0.4 is 5.76 Å². The molecule has 0 radical (unpaired) electrons. The van der Waals surface area contributed by atoms with Gasteiger partial charge in [0.1, 0.15) is 5.69 Å². The first kappa shape index (κ1) is 6.84. The molecular formula is C6H6N4O2. The van der Waals surface area contributed by atoms with Gasteiger partial charge in [-0.2, -0.15) is 0 Å². The van der Waals surface area contributed by atoms with Crippen LogP contribution in [0.4, 0.5) is 0 Å². The van der Waals surface area contributed by atoms with E-state index in [1.165, 1.54) is 0 Å². The maximum absolute atomic E-state index is 10.6. The van der Waals surface area contributed by atoms with Crippen molar-refractivity contribution in [1.82, 2.24) is 19.7 Å². The van der Waals surface area contributed by atoms with E-state index < -0.39 is 5.76 Å². The quantitative estimate of drug-likeness (QED) is 0.634. The smallest absolute Gasteiger partial charge is 0.340 e. The molecule has 0 atom stereocenters. The molecule has 2 heterocycles. The molecule has 2 aromatic rings. The highest BCUT2D eigenvalue weighted by molar-refractivity contribution is 5.45. The summed E-state index contributed by atoms with van der Waals surface area (Å²) in [5.41, 5.74) is 0.586. The summed E-state index contributed by atoms with van der Waals surface area (Å²) < 4.78 is 6.07. The number of H-pyrrole nitrogens is 1. The number of hydrogen-bond acceptors (Lipinski definition) is 4. The van der Waals surface area contributed by atoms with Crippen molar-refractivity contribution in [3.63, 3.8) is 0 Å². The van der Waals surface area contributed by atoms with Crippen molar-refractivity contribution >= 4 is 0 Å². The Kier molecular flexibility index (Phi) is 1.33. The molecular weight excluding hydrogens is 160 g/mol. The Labute approximate surface area is 66.8 Å². The van der Waals surface area contributed by atoms with Crippen LogP contribution in [0.3, 0.4) is 0 Å². The van der Waals surface area contributed by atoms with Gasteiger partial charge in [-0.3, -0.25) is 9.51 Å². The number of rotatable bonds is 1. The van der Waals surface area contributed by atoms with Crippen LogP contribution in [0.25, 0.3) is 11.5 Å². The predicted molar refractivity (Wildman–Crippen MR) is 39.3 cm³/mol. The lowest BCUT2D eigenvalue weighted by Crippen LogP contribution is -1.94. The second-order valence-corrected chi connectivity index (χ2v) is 2.37. The van der Waals surface area contributed by atoms with Gasteiger partial charge in [-0.15, -0.1) is 0 Å². The number of aromatic nitrogens is 4. The Balaban J connectivity index is 2.50. The van der Waals surface area contributed by atoms with Gasteiger partial charge in [-0.1, -0.05) is 5.16 Å². The lowest BCUT2D eigenvalue weighted by atomic mass is 10.5. The van der Waals surface area contributed by atoms with Crippen LogP contribution in [0.1, 0.15) is 0 Å². The zero-order chi connectivity index (χ0) is 8.55. The third kappa shape index (κ3) is 1.03. The maximum atomic E-state index is 10.6. The topological polar surface area (TPSA) is 76.7 Å². The summed E-state index contributed by atoms with van der Waals surface area (Å²) >= 11 is 0. The fraction of sp³-hybridized carbons (Fsp3) is 0.167. The molecule has 1 N–H and O–H groups in total. The molecule has 6 heteroatoms. The molecule has 0 aliphatic carbocycles. The fourth-order valence-corrected chi connectivity index (χ4v) is 0.875. The normalized spacial score (nSPS) is 10.4. The van der Waals surface area contributed by atoms with Gasteiger partial charge >= 0.3 is 5.76 Å². The van der Waals surface area contributed by atoms with E-state index in [0.29, 0.717) is 11.5 Å². The van der Waals surface area contributed by atoms with Gasteiger partial charge in [0.2, 0.25) is 5.82 Å². The first-order valence-corrected chi connectivity index (χ1v) is 3.30. The van der Waals surface area contributed by atoms with E-state index in [1.54, 1.807) is 17.1 Å². The van der Waals surface area contributed by atoms with Crippen molar-refractivity contribution in [2.24, 2.45) is 7.05 Å². The highest BCUT2D eigenvalue weighted by atomic mass is 16.5. The molecule has 0 aliphatic rings. The average Bonchev–Trinajstić information content (AvgIpc) is 2.58. The molecule has 0 aromatic carbocycles. The Morgan fingerprint density at radius 3 is 3.00 bits per heavy atom. The van der Waals surface area contributed by atoms with Gasteiger partial charge < -0.3 is 4.57 Å². The monoisotopic (exact) mass is 166 g/mol. The van der Waals surface area contributed by atoms with Gasteiger partial charge in [0, 0.05) is 13.2 Å². The van der Waals surface area contributed by atoms with E-state index in [0.717, 1.165) is 0 Å². The minimum absolute atomic E-state index is 0.348. The van der Waals surface area contributed by atoms with Gasteiger partial charge in [0.25, 0.3) is 0 Å². The summed E-state index contributed by atoms with van der Waals surface area (Å²) in [6, 6.07) is 0.